The summed E-state index contributed by atoms with van der Waals surface area (Å²) >= 11 is 5.04. The van der Waals surface area contributed by atoms with Crippen molar-refractivity contribution in [2.45, 2.75) is 26.4 Å². The third-order valence-electron chi connectivity index (χ3n) is 3.14. The summed E-state index contributed by atoms with van der Waals surface area (Å²) in [5, 5.41) is 7.63. The standard InChI is InChI=1S/C10H12ClF3O2/c1-9(2)5(7(9)8(15)16)3-4-6(11)10(12,13)14/h4-5,7H,3H2,1-2H3,(H,15,16)/b6-4-/t5-,7?/m0/s1. The first kappa shape index (κ1) is 13.4. The van der Waals surface area contributed by atoms with Crippen molar-refractivity contribution in [2.24, 2.45) is 17.3 Å². The van der Waals surface area contributed by atoms with Crippen molar-refractivity contribution in [2.75, 3.05) is 0 Å². The Morgan fingerprint density at radius 3 is 2.31 bits per heavy atom. The Morgan fingerprint density at radius 2 is 2.00 bits per heavy atom. The van der Waals surface area contributed by atoms with Crippen LogP contribution in [0.4, 0.5) is 13.2 Å². The van der Waals surface area contributed by atoms with Crippen molar-refractivity contribution in [3.8, 4) is 0 Å². The molecule has 1 aliphatic rings. The Kier molecular flexibility index (Phi) is 3.29. The van der Waals surface area contributed by atoms with Crippen LogP contribution in [0.1, 0.15) is 20.3 Å². The van der Waals surface area contributed by atoms with Gasteiger partial charge in [0.25, 0.3) is 0 Å². The summed E-state index contributed by atoms with van der Waals surface area (Å²) in [4.78, 5) is 10.8. The first-order chi connectivity index (χ1) is 7.08. The number of carboxylic acid groups (broad SMARTS) is 1. The minimum atomic E-state index is -4.54. The lowest BCUT2D eigenvalue weighted by molar-refractivity contribution is -0.139. The fourth-order valence-electron chi connectivity index (χ4n) is 2.02. The molecular formula is C10H12ClF3O2. The second kappa shape index (κ2) is 3.95. The van der Waals surface area contributed by atoms with E-state index in [9.17, 15) is 18.0 Å². The van der Waals surface area contributed by atoms with Gasteiger partial charge in [0, 0.05) is 0 Å². The van der Waals surface area contributed by atoms with Gasteiger partial charge in [-0.05, 0) is 17.8 Å². The van der Waals surface area contributed by atoms with Gasteiger partial charge in [0.1, 0.15) is 5.03 Å². The van der Waals surface area contributed by atoms with E-state index in [1.54, 1.807) is 13.8 Å². The van der Waals surface area contributed by atoms with Crippen LogP contribution in [0.3, 0.4) is 0 Å². The van der Waals surface area contributed by atoms with Crippen molar-refractivity contribution in [1.82, 2.24) is 0 Å². The second-order valence-electron chi connectivity index (χ2n) is 4.53. The van der Waals surface area contributed by atoms with E-state index in [1.807, 2.05) is 0 Å². The Bertz CT molecular complexity index is 333. The lowest BCUT2D eigenvalue weighted by Gasteiger charge is -2.04. The quantitative estimate of drug-likeness (QED) is 0.840. The number of alkyl halides is 3. The van der Waals surface area contributed by atoms with Crippen LogP contribution in [0.25, 0.3) is 0 Å². The molecule has 92 valence electrons. The number of hydrogen-bond donors (Lipinski definition) is 1. The van der Waals surface area contributed by atoms with E-state index in [0.29, 0.717) is 0 Å². The lowest BCUT2D eigenvalue weighted by atomic mass is 10.1. The average Bonchev–Trinajstić information content (AvgIpc) is 2.62. The smallest absolute Gasteiger partial charge is 0.426 e. The number of halogens is 4. The van der Waals surface area contributed by atoms with Gasteiger partial charge in [-0.25, -0.2) is 0 Å². The van der Waals surface area contributed by atoms with Crippen LogP contribution in [-0.2, 0) is 4.79 Å². The number of rotatable bonds is 3. The van der Waals surface area contributed by atoms with E-state index >= 15 is 0 Å². The number of carbonyl (C=O) groups is 1. The van der Waals surface area contributed by atoms with Gasteiger partial charge in [0.05, 0.1) is 5.92 Å². The van der Waals surface area contributed by atoms with E-state index < -0.39 is 28.5 Å². The van der Waals surface area contributed by atoms with Gasteiger partial charge in [0.15, 0.2) is 0 Å². The highest BCUT2D eigenvalue weighted by Gasteiger charge is 2.61. The summed E-state index contributed by atoms with van der Waals surface area (Å²) < 4.78 is 36.2. The largest absolute Gasteiger partial charge is 0.481 e. The van der Waals surface area contributed by atoms with Gasteiger partial charge in [-0.2, -0.15) is 13.2 Å². The van der Waals surface area contributed by atoms with Crippen molar-refractivity contribution in [3.05, 3.63) is 11.1 Å². The van der Waals surface area contributed by atoms with E-state index in [0.717, 1.165) is 6.08 Å². The lowest BCUT2D eigenvalue weighted by Crippen LogP contribution is -2.07. The second-order valence-corrected chi connectivity index (χ2v) is 4.94. The molecule has 0 heterocycles. The maximum atomic E-state index is 12.1. The van der Waals surface area contributed by atoms with Gasteiger partial charge in [-0.1, -0.05) is 31.5 Å². The number of allylic oxidation sites excluding steroid dienone is 2. The minimum Gasteiger partial charge on any atom is -0.481 e. The third kappa shape index (κ3) is 2.51. The van der Waals surface area contributed by atoms with E-state index in [-0.39, 0.29) is 12.3 Å². The number of carboxylic acids is 1. The maximum absolute atomic E-state index is 12.1. The molecule has 0 saturated heterocycles. The molecule has 0 radical (unpaired) electrons. The molecule has 1 rings (SSSR count). The molecule has 16 heavy (non-hydrogen) atoms. The van der Waals surface area contributed by atoms with Crippen LogP contribution in [0.2, 0.25) is 0 Å². The molecule has 1 fully saturated rings. The first-order valence-electron chi connectivity index (χ1n) is 4.74. The van der Waals surface area contributed by atoms with Gasteiger partial charge in [-0.3, -0.25) is 4.79 Å². The summed E-state index contributed by atoms with van der Waals surface area (Å²) in [6.07, 6.45) is -3.64. The maximum Gasteiger partial charge on any atom is 0.426 e. The zero-order valence-corrected chi connectivity index (χ0v) is 9.56. The molecule has 2 nitrogen and oxygen atoms in total. The van der Waals surface area contributed by atoms with Crippen LogP contribution >= 0.6 is 11.6 Å². The summed E-state index contributed by atoms with van der Waals surface area (Å²) in [6, 6.07) is 0. The third-order valence-corrected chi connectivity index (χ3v) is 3.51. The zero-order chi connectivity index (χ0) is 12.7. The van der Waals surface area contributed by atoms with Crippen LogP contribution in [0, 0.1) is 17.3 Å². The summed E-state index contributed by atoms with van der Waals surface area (Å²) in [6.45, 7) is 3.46. The molecule has 0 aromatic rings. The van der Waals surface area contributed by atoms with Crippen LogP contribution < -0.4 is 0 Å². The normalized spacial score (nSPS) is 29.0. The molecule has 0 bridgehead atoms. The highest BCUT2D eigenvalue weighted by Crippen LogP contribution is 2.60. The van der Waals surface area contributed by atoms with Gasteiger partial charge >= 0.3 is 12.1 Å². The van der Waals surface area contributed by atoms with Crippen LogP contribution in [-0.4, -0.2) is 17.3 Å². The Balaban J connectivity index is 2.63. The molecule has 1 unspecified atom stereocenters. The van der Waals surface area contributed by atoms with Crippen LogP contribution in [0.15, 0.2) is 11.1 Å². The molecule has 1 N–H and O–H groups in total. The number of aliphatic carboxylic acids is 1. The van der Waals surface area contributed by atoms with Crippen molar-refractivity contribution < 1.29 is 23.1 Å². The predicted molar refractivity (Wildman–Crippen MR) is 53.0 cm³/mol. The van der Waals surface area contributed by atoms with Crippen molar-refractivity contribution >= 4 is 17.6 Å². The average molecular weight is 257 g/mol. The highest BCUT2D eigenvalue weighted by molar-refractivity contribution is 6.30. The zero-order valence-electron chi connectivity index (χ0n) is 8.81. The van der Waals surface area contributed by atoms with Crippen LogP contribution in [0.5, 0.6) is 0 Å². The molecule has 0 aliphatic heterocycles. The summed E-state index contributed by atoms with van der Waals surface area (Å²) in [5.74, 6) is -1.82. The van der Waals surface area contributed by atoms with E-state index in [1.165, 1.54) is 0 Å². The molecule has 1 aliphatic carbocycles. The van der Waals surface area contributed by atoms with Gasteiger partial charge in [-0.15, -0.1) is 0 Å². The monoisotopic (exact) mass is 256 g/mol. The molecule has 1 saturated carbocycles. The Hall–Kier alpha value is -0.710. The minimum absolute atomic E-state index is 0.0440. The summed E-state index contributed by atoms with van der Waals surface area (Å²) in [5.41, 5.74) is -0.453. The fourth-order valence-corrected chi connectivity index (χ4v) is 2.11. The molecule has 0 amide bonds. The Morgan fingerprint density at radius 1 is 1.50 bits per heavy atom. The fraction of sp³-hybridized carbons (Fsp3) is 0.700. The van der Waals surface area contributed by atoms with Gasteiger partial charge < -0.3 is 5.11 Å². The number of hydrogen-bond acceptors (Lipinski definition) is 1. The van der Waals surface area contributed by atoms with Gasteiger partial charge in [0.2, 0.25) is 0 Å². The highest BCUT2D eigenvalue weighted by atomic mass is 35.5. The van der Waals surface area contributed by atoms with Crippen molar-refractivity contribution in [1.29, 1.82) is 0 Å². The molecular weight excluding hydrogens is 245 g/mol. The van der Waals surface area contributed by atoms with Crippen molar-refractivity contribution in [3.63, 3.8) is 0 Å². The molecule has 0 aromatic carbocycles. The first-order valence-corrected chi connectivity index (χ1v) is 5.12. The van der Waals surface area contributed by atoms with E-state index in [2.05, 4.69) is 0 Å². The predicted octanol–water partition coefficient (Wildman–Crippen LogP) is 3.42. The molecule has 0 aromatic heterocycles. The van der Waals surface area contributed by atoms with E-state index in [4.69, 9.17) is 16.7 Å². The topological polar surface area (TPSA) is 37.3 Å². The summed E-state index contributed by atoms with van der Waals surface area (Å²) in [7, 11) is 0. The Labute approximate surface area is 96.1 Å². The SMILES string of the molecule is CC1(C)C(C(=O)O)[C@@H]1C/C=C(\Cl)C(F)(F)F. The molecule has 2 atom stereocenters. The molecule has 6 heteroatoms. The molecule has 0 spiro atoms.